The Kier molecular flexibility index (Phi) is 4.76. The van der Waals surface area contributed by atoms with Crippen molar-refractivity contribution < 1.29 is 18.3 Å². The van der Waals surface area contributed by atoms with Gasteiger partial charge in [-0.25, -0.2) is 4.21 Å². The standard InChI is InChI=1S/C11H13ClN2O4S/c12-10-2-1-8(13-19(16)17)7-9(10)11(15)14-3-5-18-6-4-14/h1-2,7,13H,3-6H2,(H,16,17). The van der Waals surface area contributed by atoms with Crippen molar-refractivity contribution >= 4 is 34.5 Å². The maximum Gasteiger partial charge on any atom is 0.259 e. The van der Waals surface area contributed by atoms with E-state index in [0.717, 1.165) is 0 Å². The molecule has 1 aromatic carbocycles. The van der Waals surface area contributed by atoms with Crippen LogP contribution in [0, 0.1) is 0 Å². The summed E-state index contributed by atoms with van der Waals surface area (Å²) in [5.74, 6) is -0.208. The van der Waals surface area contributed by atoms with E-state index < -0.39 is 11.3 Å². The average molecular weight is 305 g/mol. The van der Waals surface area contributed by atoms with Crippen molar-refractivity contribution in [3.63, 3.8) is 0 Å². The molecule has 0 aliphatic carbocycles. The minimum absolute atomic E-state index is 0.208. The highest BCUT2D eigenvalue weighted by atomic mass is 35.5. The lowest BCUT2D eigenvalue weighted by atomic mass is 10.1. The zero-order valence-corrected chi connectivity index (χ0v) is 11.5. The van der Waals surface area contributed by atoms with E-state index in [1.54, 1.807) is 4.90 Å². The van der Waals surface area contributed by atoms with Crippen molar-refractivity contribution in [2.75, 3.05) is 31.0 Å². The van der Waals surface area contributed by atoms with Crippen LogP contribution in [-0.4, -0.2) is 45.9 Å². The van der Waals surface area contributed by atoms with Crippen LogP contribution in [0.4, 0.5) is 5.69 Å². The van der Waals surface area contributed by atoms with Crippen LogP contribution in [0.25, 0.3) is 0 Å². The number of amides is 1. The van der Waals surface area contributed by atoms with Crippen molar-refractivity contribution in [3.05, 3.63) is 28.8 Å². The summed E-state index contributed by atoms with van der Waals surface area (Å²) in [6.45, 7) is 2.03. The molecular weight excluding hydrogens is 292 g/mol. The number of benzene rings is 1. The van der Waals surface area contributed by atoms with Gasteiger partial charge in [0.15, 0.2) is 0 Å². The van der Waals surface area contributed by atoms with Crippen molar-refractivity contribution in [1.29, 1.82) is 0 Å². The van der Waals surface area contributed by atoms with E-state index in [1.807, 2.05) is 0 Å². The van der Waals surface area contributed by atoms with Gasteiger partial charge in [-0.1, -0.05) is 11.6 Å². The van der Waals surface area contributed by atoms with Crippen LogP contribution < -0.4 is 4.72 Å². The van der Waals surface area contributed by atoms with Crippen molar-refractivity contribution in [3.8, 4) is 0 Å². The molecule has 0 aromatic heterocycles. The fourth-order valence-electron chi connectivity index (χ4n) is 1.79. The minimum Gasteiger partial charge on any atom is -0.378 e. The zero-order valence-electron chi connectivity index (χ0n) is 9.97. The van der Waals surface area contributed by atoms with Gasteiger partial charge < -0.3 is 9.64 Å². The zero-order chi connectivity index (χ0) is 13.8. The lowest BCUT2D eigenvalue weighted by molar-refractivity contribution is 0.0303. The summed E-state index contributed by atoms with van der Waals surface area (Å²) in [4.78, 5) is 13.9. The average Bonchev–Trinajstić information content (AvgIpc) is 2.40. The Bertz CT molecular complexity index is 505. The van der Waals surface area contributed by atoms with Crippen molar-refractivity contribution in [2.45, 2.75) is 0 Å². The number of hydrogen-bond donors (Lipinski definition) is 2. The van der Waals surface area contributed by atoms with E-state index in [0.29, 0.717) is 42.6 Å². The molecule has 1 heterocycles. The van der Waals surface area contributed by atoms with Crippen LogP contribution in [0.3, 0.4) is 0 Å². The highest BCUT2D eigenvalue weighted by Gasteiger charge is 2.21. The summed E-state index contributed by atoms with van der Waals surface area (Å²) in [5.41, 5.74) is 0.667. The predicted octanol–water partition coefficient (Wildman–Crippen LogP) is 1.36. The fraction of sp³-hybridized carbons (Fsp3) is 0.364. The number of nitrogens with zero attached hydrogens (tertiary/aromatic N) is 1. The molecule has 2 N–H and O–H groups in total. The fourth-order valence-corrected chi connectivity index (χ4v) is 2.32. The SMILES string of the molecule is O=C(c1cc(NS(=O)O)ccc1Cl)N1CCOCC1. The number of carbonyl (C=O) groups is 1. The number of anilines is 1. The van der Waals surface area contributed by atoms with E-state index in [9.17, 15) is 9.00 Å². The number of hydrogen-bond acceptors (Lipinski definition) is 3. The molecular formula is C11H13ClN2O4S. The molecule has 0 spiro atoms. The van der Waals surface area contributed by atoms with Gasteiger partial charge in [0, 0.05) is 18.8 Å². The minimum atomic E-state index is -2.19. The summed E-state index contributed by atoms with van der Waals surface area (Å²) in [7, 11) is 0. The Balaban J connectivity index is 2.21. The van der Waals surface area contributed by atoms with Crippen molar-refractivity contribution in [2.24, 2.45) is 0 Å². The molecule has 0 bridgehead atoms. The second-order valence-electron chi connectivity index (χ2n) is 3.95. The maximum atomic E-state index is 12.3. The summed E-state index contributed by atoms with van der Waals surface area (Å²) in [5, 5.41) is 0.311. The highest BCUT2D eigenvalue weighted by molar-refractivity contribution is 7.80. The molecule has 1 aliphatic rings. The van der Waals surface area contributed by atoms with Gasteiger partial charge in [-0.2, -0.15) is 0 Å². The Morgan fingerprint density at radius 2 is 2.11 bits per heavy atom. The van der Waals surface area contributed by atoms with Gasteiger partial charge in [0.05, 0.1) is 23.8 Å². The van der Waals surface area contributed by atoms with Crippen LogP contribution in [0.2, 0.25) is 5.02 Å². The van der Waals surface area contributed by atoms with Gasteiger partial charge in [-0.15, -0.1) is 0 Å². The lowest BCUT2D eigenvalue weighted by Gasteiger charge is -2.27. The second-order valence-corrected chi connectivity index (χ2v) is 5.06. The van der Waals surface area contributed by atoms with Gasteiger partial charge in [0.1, 0.15) is 0 Å². The molecule has 104 valence electrons. The molecule has 8 heteroatoms. The van der Waals surface area contributed by atoms with Gasteiger partial charge >= 0.3 is 0 Å². The number of ether oxygens (including phenoxy) is 1. The van der Waals surface area contributed by atoms with E-state index >= 15 is 0 Å². The predicted molar refractivity (Wildman–Crippen MR) is 72.6 cm³/mol. The molecule has 6 nitrogen and oxygen atoms in total. The number of halogens is 1. The molecule has 0 saturated carbocycles. The molecule has 1 aromatic rings. The van der Waals surface area contributed by atoms with E-state index in [-0.39, 0.29) is 5.91 Å². The summed E-state index contributed by atoms with van der Waals surface area (Å²) in [6.07, 6.45) is 0. The van der Waals surface area contributed by atoms with E-state index in [1.165, 1.54) is 18.2 Å². The van der Waals surface area contributed by atoms with Gasteiger partial charge in [-0.3, -0.25) is 14.1 Å². The van der Waals surface area contributed by atoms with Crippen LogP contribution in [0.1, 0.15) is 10.4 Å². The summed E-state index contributed by atoms with van der Waals surface area (Å²) in [6, 6.07) is 4.52. The molecule has 1 atom stereocenters. The van der Waals surface area contributed by atoms with Crippen LogP contribution in [0.15, 0.2) is 18.2 Å². The van der Waals surface area contributed by atoms with Crippen LogP contribution in [0.5, 0.6) is 0 Å². The first-order valence-electron chi connectivity index (χ1n) is 5.62. The van der Waals surface area contributed by atoms with Gasteiger partial charge in [0.25, 0.3) is 17.2 Å². The molecule has 1 amide bonds. The van der Waals surface area contributed by atoms with Gasteiger partial charge in [-0.05, 0) is 18.2 Å². The quantitative estimate of drug-likeness (QED) is 0.827. The second kappa shape index (κ2) is 6.33. The maximum absolute atomic E-state index is 12.3. The molecule has 2 rings (SSSR count). The highest BCUT2D eigenvalue weighted by Crippen LogP contribution is 2.22. The third kappa shape index (κ3) is 3.66. The van der Waals surface area contributed by atoms with Crippen LogP contribution in [-0.2, 0) is 16.0 Å². The first-order chi connectivity index (χ1) is 9.08. The normalized spacial score (nSPS) is 17.1. The molecule has 0 radical (unpaired) electrons. The Labute approximate surface area is 118 Å². The molecule has 1 aliphatic heterocycles. The Hall–Kier alpha value is -1.15. The summed E-state index contributed by atoms with van der Waals surface area (Å²) < 4.78 is 26.9. The Morgan fingerprint density at radius 3 is 2.74 bits per heavy atom. The monoisotopic (exact) mass is 304 g/mol. The largest absolute Gasteiger partial charge is 0.378 e. The Morgan fingerprint density at radius 1 is 1.42 bits per heavy atom. The summed E-state index contributed by atoms with van der Waals surface area (Å²) >= 11 is 3.81. The first kappa shape index (κ1) is 14.3. The van der Waals surface area contributed by atoms with Crippen LogP contribution >= 0.6 is 11.6 Å². The van der Waals surface area contributed by atoms with E-state index in [4.69, 9.17) is 20.9 Å². The smallest absolute Gasteiger partial charge is 0.259 e. The van der Waals surface area contributed by atoms with E-state index in [2.05, 4.69) is 4.72 Å². The van der Waals surface area contributed by atoms with Gasteiger partial charge in [0.2, 0.25) is 0 Å². The third-order valence-corrected chi connectivity index (χ3v) is 3.44. The number of carbonyl (C=O) groups excluding carboxylic acids is 1. The number of rotatable bonds is 3. The topological polar surface area (TPSA) is 78.9 Å². The lowest BCUT2D eigenvalue weighted by Crippen LogP contribution is -2.40. The number of nitrogens with one attached hydrogen (secondary N) is 1. The molecule has 19 heavy (non-hydrogen) atoms. The van der Waals surface area contributed by atoms with Crippen molar-refractivity contribution in [1.82, 2.24) is 4.90 Å². The molecule has 1 fully saturated rings. The first-order valence-corrected chi connectivity index (χ1v) is 7.10. The number of morpholine rings is 1. The third-order valence-electron chi connectivity index (χ3n) is 2.70. The molecule has 1 saturated heterocycles. The molecule has 1 unspecified atom stereocenters.